The molecule has 0 aliphatic heterocycles. The Kier molecular flexibility index (Phi) is 5.99. The van der Waals surface area contributed by atoms with Crippen molar-refractivity contribution in [3.05, 3.63) is 53.6 Å². The molecule has 2 aromatic rings. The summed E-state index contributed by atoms with van der Waals surface area (Å²) in [5.41, 5.74) is -3.50. The lowest BCUT2D eigenvalue weighted by Crippen LogP contribution is -2.20. The van der Waals surface area contributed by atoms with Crippen LogP contribution >= 0.6 is 11.8 Å². The summed E-state index contributed by atoms with van der Waals surface area (Å²) in [5.74, 6) is -0.565. The van der Waals surface area contributed by atoms with Gasteiger partial charge in [-0.2, -0.15) is 13.2 Å². The molecule has 0 heterocycles. The third kappa shape index (κ3) is 5.23. The number of thioether (sulfide) groups is 1. The van der Waals surface area contributed by atoms with Crippen LogP contribution in [0, 0.1) is 6.92 Å². The number of hydrogen-bond acceptors (Lipinski definition) is 4. The Bertz CT molecular complexity index is 911. The highest BCUT2D eigenvalue weighted by Crippen LogP contribution is 2.36. The molecule has 2 rings (SSSR count). The highest BCUT2D eigenvalue weighted by molar-refractivity contribution is 8.00. The fraction of sp³-hybridized carbons (Fsp3) is 0.188. The molecule has 0 saturated heterocycles. The van der Waals surface area contributed by atoms with Gasteiger partial charge in [0.1, 0.15) is 0 Å². The normalized spacial score (nSPS) is 12.0. The number of nitrogens with one attached hydrogen (secondary N) is 2. The average Bonchev–Trinajstić information content (AvgIpc) is 2.55. The number of rotatable bonds is 5. The SMILES string of the molecule is CNS(=O)(=O)c1cc(NC(=O)c2ccc(SC(F)(F)F)cc2)ccc1C. The minimum Gasteiger partial charge on any atom is -0.322 e. The Morgan fingerprint density at radius 1 is 1.08 bits per heavy atom. The highest BCUT2D eigenvalue weighted by atomic mass is 32.2. The molecule has 5 nitrogen and oxygen atoms in total. The average molecular weight is 404 g/mol. The Hall–Kier alpha value is -2.04. The molecule has 1 amide bonds. The van der Waals surface area contributed by atoms with Gasteiger partial charge in [0, 0.05) is 16.1 Å². The maximum Gasteiger partial charge on any atom is 0.446 e. The smallest absolute Gasteiger partial charge is 0.322 e. The van der Waals surface area contributed by atoms with Gasteiger partial charge < -0.3 is 5.32 Å². The molecule has 0 bridgehead atoms. The maximum atomic E-state index is 12.3. The molecule has 26 heavy (non-hydrogen) atoms. The minimum atomic E-state index is -4.40. The monoisotopic (exact) mass is 404 g/mol. The number of hydrogen-bond donors (Lipinski definition) is 2. The van der Waals surface area contributed by atoms with Crippen LogP contribution in [0.3, 0.4) is 0 Å². The number of halogens is 3. The molecule has 0 aromatic heterocycles. The van der Waals surface area contributed by atoms with Crippen molar-refractivity contribution in [2.45, 2.75) is 22.2 Å². The number of amides is 1. The van der Waals surface area contributed by atoms with E-state index in [1.807, 2.05) is 0 Å². The van der Waals surface area contributed by atoms with E-state index < -0.39 is 21.4 Å². The van der Waals surface area contributed by atoms with Crippen molar-refractivity contribution in [1.29, 1.82) is 0 Å². The number of aryl methyl sites for hydroxylation is 1. The van der Waals surface area contributed by atoms with Crippen LogP contribution in [0.5, 0.6) is 0 Å². The van der Waals surface area contributed by atoms with Gasteiger partial charge in [0.15, 0.2) is 0 Å². The number of carbonyl (C=O) groups excluding carboxylic acids is 1. The quantitative estimate of drug-likeness (QED) is 0.744. The molecular weight excluding hydrogens is 389 g/mol. The molecule has 0 aliphatic carbocycles. The van der Waals surface area contributed by atoms with Crippen LogP contribution in [0.25, 0.3) is 0 Å². The van der Waals surface area contributed by atoms with Crippen LogP contribution in [0.15, 0.2) is 52.3 Å². The number of benzene rings is 2. The van der Waals surface area contributed by atoms with Gasteiger partial charge in [-0.05, 0) is 67.7 Å². The standard InChI is InChI=1S/C16H15F3N2O3S2/c1-10-3-6-12(9-14(10)26(23,24)20-2)21-15(22)11-4-7-13(8-5-11)25-16(17,18)19/h3-9,20H,1-2H3,(H,21,22). The molecule has 2 N–H and O–H groups in total. The molecule has 0 saturated carbocycles. The van der Waals surface area contributed by atoms with Crippen LogP contribution in [-0.2, 0) is 10.0 Å². The molecule has 0 atom stereocenters. The molecule has 0 spiro atoms. The predicted molar refractivity (Wildman–Crippen MR) is 93.7 cm³/mol. The van der Waals surface area contributed by atoms with Crippen LogP contribution in [0.1, 0.15) is 15.9 Å². The molecule has 0 aliphatic rings. The first-order valence-electron chi connectivity index (χ1n) is 7.23. The van der Waals surface area contributed by atoms with Crippen molar-refractivity contribution >= 4 is 33.4 Å². The zero-order chi connectivity index (χ0) is 19.5. The van der Waals surface area contributed by atoms with E-state index >= 15 is 0 Å². The lowest BCUT2D eigenvalue weighted by atomic mass is 10.2. The molecule has 0 fully saturated rings. The first-order chi connectivity index (χ1) is 12.0. The van der Waals surface area contributed by atoms with Crippen molar-refractivity contribution in [3.63, 3.8) is 0 Å². The second-order valence-electron chi connectivity index (χ2n) is 5.21. The number of alkyl halides is 3. The summed E-state index contributed by atoms with van der Waals surface area (Å²) in [5, 5.41) is 2.53. The summed E-state index contributed by atoms with van der Waals surface area (Å²) in [6.07, 6.45) is 0. The summed E-state index contributed by atoms with van der Waals surface area (Å²) in [6, 6.07) is 9.32. The molecule has 2 aromatic carbocycles. The van der Waals surface area contributed by atoms with Crippen LogP contribution in [0.4, 0.5) is 18.9 Å². The third-order valence-corrected chi connectivity index (χ3v) is 5.65. The molecule has 0 radical (unpaired) electrons. The zero-order valence-corrected chi connectivity index (χ0v) is 15.3. The number of carbonyl (C=O) groups is 1. The molecule has 0 unspecified atom stereocenters. The van der Waals surface area contributed by atoms with Crippen LogP contribution in [0.2, 0.25) is 0 Å². The van der Waals surface area contributed by atoms with Gasteiger partial charge in [-0.3, -0.25) is 4.79 Å². The first kappa shape index (κ1) is 20.3. The van der Waals surface area contributed by atoms with Gasteiger partial charge in [0.25, 0.3) is 5.91 Å². The van der Waals surface area contributed by atoms with Gasteiger partial charge in [0.2, 0.25) is 10.0 Å². The van der Waals surface area contributed by atoms with Crippen molar-refractivity contribution in [3.8, 4) is 0 Å². The summed E-state index contributed by atoms with van der Waals surface area (Å²) < 4.78 is 63.1. The van der Waals surface area contributed by atoms with Crippen LogP contribution < -0.4 is 10.0 Å². The Morgan fingerprint density at radius 3 is 2.23 bits per heavy atom. The summed E-state index contributed by atoms with van der Waals surface area (Å²) in [6.45, 7) is 1.62. The van der Waals surface area contributed by atoms with Crippen molar-refractivity contribution < 1.29 is 26.4 Å². The first-order valence-corrected chi connectivity index (χ1v) is 9.53. The lowest BCUT2D eigenvalue weighted by molar-refractivity contribution is -0.0328. The minimum absolute atomic E-state index is 0.0229. The van der Waals surface area contributed by atoms with E-state index in [0.29, 0.717) is 5.56 Å². The number of anilines is 1. The van der Waals surface area contributed by atoms with Gasteiger partial charge >= 0.3 is 5.51 Å². The Labute approximate surface area is 153 Å². The van der Waals surface area contributed by atoms with Gasteiger partial charge in [-0.1, -0.05) is 6.07 Å². The fourth-order valence-corrected chi connectivity index (χ4v) is 3.62. The van der Waals surface area contributed by atoms with E-state index in [4.69, 9.17) is 0 Å². The second kappa shape index (κ2) is 7.68. The van der Waals surface area contributed by atoms with Crippen molar-refractivity contribution in [1.82, 2.24) is 4.72 Å². The molecule has 10 heteroatoms. The largest absolute Gasteiger partial charge is 0.446 e. The maximum absolute atomic E-state index is 12.3. The van der Waals surface area contributed by atoms with Crippen molar-refractivity contribution in [2.75, 3.05) is 12.4 Å². The summed E-state index contributed by atoms with van der Waals surface area (Å²) in [7, 11) is -2.41. The van der Waals surface area contributed by atoms with Crippen molar-refractivity contribution in [2.24, 2.45) is 0 Å². The third-order valence-electron chi connectivity index (χ3n) is 3.35. The van der Waals surface area contributed by atoms with Gasteiger partial charge in [0.05, 0.1) is 4.90 Å². The van der Waals surface area contributed by atoms with Gasteiger partial charge in [-0.25, -0.2) is 13.1 Å². The summed E-state index contributed by atoms with van der Waals surface area (Å²) >= 11 is -0.271. The fourth-order valence-electron chi connectivity index (χ4n) is 2.09. The highest BCUT2D eigenvalue weighted by Gasteiger charge is 2.29. The Balaban J connectivity index is 2.19. The van der Waals surface area contributed by atoms with Gasteiger partial charge in [-0.15, -0.1) is 0 Å². The predicted octanol–water partition coefficient (Wildman–Crippen LogP) is 3.77. The van der Waals surface area contributed by atoms with E-state index in [1.165, 1.54) is 43.4 Å². The zero-order valence-electron chi connectivity index (χ0n) is 13.7. The van der Waals surface area contributed by atoms with E-state index in [9.17, 15) is 26.4 Å². The lowest BCUT2D eigenvalue weighted by Gasteiger charge is -2.11. The second-order valence-corrected chi connectivity index (χ2v) is 8.21. The number of sulfonamides is 1. The summed E-state index contributed by atoms with van der Waals surface area (Å²) in [4.78, 5) is 12.2. The molecular formula is C16H15F3N2O3S2. The topological polar surface area (TPSA) is 75.3 Å². The molecule has 140 valence electrons. The van der Waals surface area contributed by atoms with Crippen LogP contribution in [-0.4, -0.2) is 26.9 Å². The van der Waals surface area contributed by atoms with E-state index in [0.717, 1.165) is 0 Å². The van der Waals surface area contributed by atoms with E-state index in [2.05, 4.69) is 10.0 Å². The van der Waals surface area contributed by atoms with E-state index in [-0.39, 0.29) is 32.8 Å². The van der Waals surface area contributed by atoms with E-state index in [1.54, 1.807) is 13.0 Å². The Morgan fingerprint density at radius 2 is 1.69 bits per heavy atom.